The van der Waals surface area contributed by atoms with E-state index in [-0.39, 0.29) is 16.4 Å². The lowest BCUT2D eigenvalue weighted by Gasteiger charge is -2.20. The zero-order valence-corrected chi connectivity index (χ0v) is 17.7. The number of benzene rings is 3. The summed E-state index contributed by atoms with van der Waals surface area (Å²) < 4.78 is 27.4. The average molecular weight is 409 g/mol. The monoisotopic (exact) mass is 408 g/mol. The smallest absolute Gasteiger partial charge is 0.264 e. The van der Waals surface area contributed by atoms with E-state index in [0.29, 0.717) is 11.4 Å². The topological polar surface area (TPSA) is 66.5 Å². The van der Waals surface area contributed by atoms with Gasteiger partial charge in [-0.2, -0.15) is 0 Å². The molecule has 29 heavy (non-hydrogen) atoms. The highest BCUT2D eigenvalue weighted by atomic mass is 32.2. The van der Waals surface area contributed by atoms with E-state index in [0.717, 1.165) is 16.7 Å². The van der Waals surface area contributed by atoms with Gasteiger partial charge in [-0.15, -0.1) is 0 Å². The Kier molecular flexibility index (Phi) is 5.75. The summed E-state index contributed by atoms with van der Waals surface area (Å²) >= 11 is 0. The second kappa shape index (κ2) is 8.09. The predicted molar refractivity (Wildman–Crippen MR) is 117 cm³/mol. The van der Waals surface area contributed by atoms with E-state index in [1.807, 2.05) is 51.1 Å². The van der Waals surface area contributed by atoms with Crippen molar-refractivity contribution in [3.63, 3.8) is 0 Å². The van der Waals surface area contributed by atoms with E-state index in [1.165, 1.54) is 23.5 Å². The fourth-order valence-corrected chi connectivity index (χ4v) is 4.22. The first-order valence-electron chi connectivity index (χ1n) is 9.23. The highest BCUT2D eigenvalue weighted by Crippen LogP contribution is 2.24. The molecule has 0 bridgehead atoms. The summed E-state index contributed by atoms with van der Waals surface area (Å²) in [4.78, 5) is 12.8. The Morgan fingerprint density at radius 1 is 0.862 bits per heavy atom. The van der Waals surface area contributed by atoms with Crippen LogP contribution < -0.4 is 9.62 Å². The summed E-state index contributed by atoms with van der Waals surface area (Å²) in [5.41, 5.74) is 4.49. The molecule has 0 radical (unpaired) electrons. The van der Waals surface area contributed by atoms with Crippen LogP contribution in [0.1, 0.15) is 27.0 Å². The third kappa shape index (κ3) is 4.49. The molecule has 6 heteroatoms. The van der Waals surface area contributed by atoms with Crippen LogP contribution in [0.4, 0.5) is 11.4 Å². The molecule has 0 aliphatic carbocycles. The van der Waals surface area contributed by atoms with Crippen LogP contribution in [0, 0.1) is 20.8 Å². The zero-order chi connectivity index (χ0) is 21.2. The van der Waals surface area contributed by atoms with Crippen LogP contribution in [-0.4, -0.2) is 21.4 Å². The quantitative estimate of drug-likeness (QED) is 0.666. The van der Waals surface area contributed by atoms with Crippen molar-refractivity contribution in [3.05, 3.63) is 89.0 Å². The Labute approximate surface area is 172 Å². The first-order valence-corrected chi connectivity index (χ1v) is 10.7. The summed E-state index contributed by atoms with van der Waals surface area (Å²) in [5.74, 6) is -0.353. The van der Waals surface area contributed by atoms with Crippen molar-refractivity contribution in [2.75, 3.05) is 16.7 Å². The molecule has 0 aliphatic heterocycles. The second-order valence-electron chi connectivity index (χ2n) is 7.11. The van der Waals surface area contributed by atoms with E-state index in [1.54, 1.807) is 24.3 Å². The van der Waals surface area contributed by atoms with Gasteiger partial charge in [0.1, 0.15) is 0 Å². The lowest BCUT2D eigenvalue weighted by atomic mass is 10.1. The molecule has 0 saturated carbocycles. The lowest BCUT2D eigenvalue weighted by Crippen LogP contribution is -2.27. The third-order valence-electron chi connectivity index (χ3n) is 4.76. The highest BCUT2D eigenvalue weighted by Gasteiger charge is 2.22. The molecule has 3 rings (SSSR count). The molecule has 3 aromatic carbocycles. The van der Waals surface area contributed by atoms with Gasteiger partial charge in [0.15, 0.2) is 0 Å². The fourth-order valence-electron chi connectivity index (χ4n) is 2.98. The van der Waals surface area contributed by atoms with Crippen LogP contribution in [0.15, 0.2) is 71.6 Å². The number of sulfonamides is 1. The molecule has 1 amide bonds. The Hall–Kier alpha value is -3.12. The van der Waals surface area contributed by atoms with Gasteiger partial charge >= 0.3 is 0 Å². The van der Waals surface area contributed by atoms with Crippen molar-refractivity contribution in [2.24, 2.45) is 0 Å². The highest BCUT2D eigenvalue weighted by molar-refractivity contribution is 7.92. The number of carbonyl (C=O) groups excluding carboxylic acids is 1. The Balaban J connectivity index is 1.90. The number of hydrogen-bond acceptors (Lipinski definition) is 3. The minimum Gasteiger partial charge on any atom is -0.322 e. The van der Waals surface area contributed by atoms with Crippen LogP contribution in [0.3, 0.4) is 0 Å². The molecule has 1 N–H and O–H groups in total. The summed E-state index contributed by atoms with van der Waals surface area (Å²) in [6, 6.07) is 19.1. The Morgan fingerprint density at radius 2 is 1.55 bits per heavy atom. The van der Waals surface area contributed by atoms with Gasteiger partial charge in [-0.3, -0.25) is 9.10 Å². The third-order valence-corrected chi connectivity index (χ3v) is 6.54. The van der Waals surface area contributed by atoms with Gasteiger partial charge in [-0.1, -0.05) is 30.3 Å². The number of nitrogens with one attached hydrogen (secondary N) is 1. The molecule has 0 aromatic heterocycles. The van der Waals surface area contributed by atoms with Crippen LogP contribution >= 0.6 is 0 Å². The molecule has 3 aromatic rings. The van der Waals surface area contributed by atoms with E-state index in [2.05, 4.69) is 5.32 Å². The first-order chi connectivity index (χ1) is 13.7. The molecule has 0 saturated heterocycles. The summed E-state index contributed by atoms with van der Waals surface area (Å²) in [5, 5.41) is 2.87. The molecule has 0 spiro atoms. The van der Waals surface area contributed by atoms with E-state index in [9.17, 15) is 13.2 Å². The summed E-state index contributed by atoms with van der Waals surface area (Å²) in [6.07, 6.45) is 0. The number of hydrogen-bond donors (Lipinski definition) is 1. The average Bonchev–Trinajstić information content (AvgIpc) is 2.70. The molecule has 150 valence electrons. The van der Waals surface area contributed by atoms with Crippen LogP contribution in [0.5, 0.6) is 0 Å². The number of rotatable bonds is 5. The number of nitrogens with zero attached hydrogens (tertiary/aromatic N) is 1. The molecular formula is C23H24N2O3S. The standard InChI is InChI=1S/C23H24N2O3S/c1-16-7-5-9-20(13-16)25(4)29(27,28)21-10-6-8-19(15-21)23(26)24-22-14-17(2)11-12-18(22)3/h5-15H,1-4H3,(H,24,26). The zero-order valence-electron chi connectivity index (χ0n) is 16.9. The minimum absolute atomic E-state index is 0.0649. The van der Waals surface area contributed by atoms with Gasteiger partial charge in [0.25, 0.3) is 15.9 Å². The maximum Gasteiger partial charge on any atom is 0.264 e. The van der Waals surface area contributed by atoms with Gasteiger partial charge in [0.2, 0.25) is 0 Å². The summed E-state index contributed by atoms with van der Waals surface area (Å²) in [6.45, 7) is 5.76. The van der Waals surface area contributed by atoms with Crippen molar-refractivity contribution in [2.45, 2.75) is 25.7 Å². The normalized spacial score (nSPS) is 11.2. The predicted octanol–water partition coefficient (Wildman–Crippen LogP) is 4.69. The second-order valence-corrected chi connectivity index (χ2v) is 9.08. The van der Waals surface area contributed by atoms with Crippen LogP contribution in [0.25, 0.3) is 0 Å². The fraction of sp³-hybridized carbons (Fsp3) is 0.174. The van der Waals surface area contributed by atoms with Gasteiger partial charge < -0.3 is 5.32 Å². The molecule has 0 unspecified atom stereocenters. The largest absolute Gasteiger partial charge is 0.322 e. The number of anilines is 2. The minimum atomic E-state index is -3.80. The number of amides is 1. The van der Waals surface area contributed by atoms with Crippen LogP contribution in [0.2, 0.25) is 0 Å². The van der Waals surface area contributed by atoms with E-state index >= 15 is 0 Å². The van der Waals surface area contributed by atoms with Crippen molar-refractivity contribution in [3.8, 4) is 0 Å². The number of carbonyl (C=O) groups is 1. The van der Waals surface area contributed by atoms with Crippen molar-refractivity contribution in [1.29, 1.82) is 0 Å². The number of aryl methyl sites for hydroxylation is 3. The lowest BCUT2D eigenvalue weighted by molar-refractivity contribution is 0.102. The molecule has 0 atom stereocenters. The van der Waals surface area contributed by atoms with Gasteiger partial charge in [0.05, 0.1) is 10.6 Å². The van der Waals surface area contributed by atoms with Crippen molar-refractivity contribution < 1.29 is 13.2 Å². The maximum absolute atomic E-state index is 13.1. The van der Waals surface area contributed by atoms with Gasteiger partial charge in [-0.25, -0.2) is 8.42 Å². The first kappa shape index (κ1) is 20.6. The maximum atomic E-state index is 13.1. The molecule has 0 heterocycles. The Bertz CT molecular complexity index is 1170. The van der Waals surface area contributed by atoms with Gasteiger partial charge in [0, 0.05) is 18.3 Å². The van der Waals surface area contributed by atoms with E-state index < -0.39 is 10.0 Å². The molecule has 0 fully saturated rings. The van der Waals surface area contributed by atoms with Gasteiger partial charge in [-0.05, 0) is 73.9 Å². The Morgan fingerprint density at radius 3 is 2.28 bits per heavy atom. The molecule has 5 nitrogen and oxygen atoms in total. The SMILES string of the molecule is Cc1cccc(N(C)S(=O)(=O)c2cccc(C(=O)Nc3cc(C)ccc3C)c2)c1. The van der Waals surface area contributed by atoms with Crippen molar-refractivity contribution >= 4 is 27.3 Å². The summed E-state index contributed by atoms with van der Waals surface area (Å²) in [7, 11) is -2.29. The van der Waals surface area contributed by atoms with Crippen molar-refractivity contribution in [1.82, 2.24) is 0 Å². The molecular weight excluding hydrogens is 384 g/mol. The molecule has 0 aliphatic rings. The van der Waals surface area contributed by atoms with E-state index in [4.69, 9.17) is 0 Å². The van der Waals surface area contributed by atoms with Crippen LogP contribution in [-0.2, 0) is 10.0 Å².